The Kier molecular flexibility index (Phi) is 3.83. The molecule has 1 amide bonds. The minimum Gasteiger partial charge on any atom is -0.397 e. The SMILES string of the molecule is Cc1cc(C)c2c(N)c(C(=O)N(C)CC(F)(F)F)sc2n1. The number of aromatic nitrogens is 1. The van der Waals surface area contributed by atoms with Gasteiger partial charge in [0.25, 0.3) is 5.91 Å². The molecule has 0 aliphatic heterocycles. The van der Waals surface area contributed by atoms with Crippen LogP contribution in [-0.4, -0.2) is 35.6 Å². The summed E-state index contributed by atoms with van der Waals surface area (Å²) < 4.78 is 37.1. The van der Waals surface area contributed by atoms with Gasteiger partial charge < -0.3 is 10.6 Å². The van der Waals surface area contributed by atoms with Crippen LogP contribution < -0.4 is 5.73 Å². The highest BCUT2D eigenvalue weighted by Crippen LogP contribution is 2.35. The van der Waals surface area contributed by atoms with Crippen LogP contribution in [0, 0.1) is 13.8 Å². The molecule has 0 saturated carbocycles. The molecule has 21 heavy (non-hydrogen) atoms. The fourth-order valence-corrected chi connectivity index (χ4v) is 3.35. The Balaban J connectivity index is 2.45. The van der Waals surface area contributed by atoms with Crippen LogP contribution in [0.5, 0.6) is 0 Å². The smallest absolute Gasteiger partial charge is 0.397 e. The number of hydrogen-bond donors (Lipinski definition) is 1. The lowest BCUT2D eigenvalue weighted by molar-refractivity contribution is -0.138. The van der Waals surface area contributed by atoms with Gasteiger partial charge in [0.05, 0.1) is 5.69 Å². The average molecular weight is 317 g/mol. The quantitative estimate of drug-likeness (QED) is 0.926. The summed E-state index contributed by atoms with van der Waals surface area (Å²) in [5.74, 6) is -0.745. The number of carbonyl (C=O) groups excluding carboxylic acids is 1. The van der Waals surface area contributed by atoms with E-state index in [-0.39, 0.29) is 10.6 Å². The molecule has 4 nitrogen and oxygen atoms in total. The fourth-order valence-electron chi connectivity index (χ4n) is 2.14. The highest BCUT2D eigenvalue weighted by atomic mass is 32.1. The number of nitrogen functional groups attached to an aromatic ring is 1. The van der Waals surface area contributed by atoms with Gasteiger partial charge >= 0.3 is 6.18 Å². The van der Waals surface area contributed by atoms with Crippen LogP contribution in [0.4, 0.5) is 18.9 Å². The van der Waals surface area contributed by atoms with Gasteiger partial charge in [-0.2, -0.15) is 13.2 Å². The van der Waals surface area contributed by atoms with E-state index in [0.29, 0.717) is 15.1 Å². The third kappa shape index (κ3) is 3.10. The molecule has 0 unspecified atom stereocenters. The van der Waals surface area contributed by atoms with E-state index in [9.17, 15) is 18.0 Å². The summed E-state index contributed by atoms with van der Waals surface area (Å²) in [5.41, 5.74) is 7.75. The van der Waals surface area contributed by atoms with Gasteiger partial charge in [-0.1, -0.05) is 0 Å². The summed E-state index contributed by atoms with van der Waals surface area (Å²) >= 11 is 1.02. The van der Waals surface area contributed by atoms with Crippen LogP contribution in [0.25, 0.3) is 10.2 Å². The molecule has 0 bridgehead atoms. The lowest BCUT2D eigenvalue weighted by Crippen LogP contribution is -2.35. The van der Waals surface area contributed by atoms with Gasteiger partial charge in [-0.15, -0.1) is 11.3 Å². The second kappa shape index (κ2) is 5.18. The zero-order valence-electron chi connectivity index (χ0n) is 11.7. The summed E-state index contributed by atoms with van der Waals surface area (Å²) in [4.78, 5) is 17.7. The maximum Gasteiger partial charge on any atom is 0.406 e. The first-order chi connectivity index (χ1) is 9.60. The minimum absolute atomic E-state index is 0.0953. The summed E-state index contributed by atoms with van der Waals surface area (Å²) in [6, 6.07) is 1.82. The molecule has 8 heteroatoms. The molecule has 114 valence electrons. The van der Waals surface area contributed by atoms with Crippen LogP contribution in [0.15, 0.2) is 6.07 Å². The van der Waals surface area contributed by atoms with E-state index < -0.39 is 18.6 Å². The van der Waals surface area contributed by atoms with Crippen molar-refractivity contribution in [3.63, 3.8) is 0 Å². The topological polar surface area (TPSA) is 59.2 Å². The van der Waals surface area contributed by atoms with Crippen molar-refractivity contribution in [3.8, 4) is 0 Å². The van der Waals surface area contributed by atoms with Gasteiger partial charge in [-0.3, -0.25) is 4.79 Å². The lowest BCUT2D eigenvalue weighted by atomic mass is 10.1. The first-order valence-corrected chi connectivity index (χ1v) is 6.90. The number of hydrogen-bond acceptors (Lipinski definition) is 4. The number of fused-ring (bicyclic) bond motifs is 1. The minimum atomic E-state index is -4.44. The van der Waals surface area contributed by atoms with Crippen molar-refractivity contribution in [2.24, 2.45) is 0 Å². The van der Waals surface area contributed by atoms with E-state index in [2.05, 4.69) is 4.98 Å². The van der Waals surface area contributed by atoms with Crippen LogP contribution in [0.3, 0.4) is 0 Å². The number of carbonyl (C=O) groups is 1. The number of nitrogens with two attached hydrogens (primary N) is 1. The van der Waals surface area contributed by atoms with E-state index in [1.165, 1.54) is 0 Å². The van der Waals surface area contributed by atoms with Gasteiger partial charge in [0.1, 0.15) is 16.3 Å². The van der Waals surface area contributed by atoms with E-state index in [4.69, 9.17) is 5.73 Å². The molecule has 0 aliphatic rings. The predicted molar refractivity (Wildman–Crippen MR) is 76.5 cm³/mol. The number of anilines is 1. The largest absolute Gasteiger partial charge is 0.406 e. The second-order valence-electron chi connectivity index (χ2n) is 4.88. The van der Waals surface area contributed by atoms with Crippen molar-refractivity contribution in [1.82, 2.24) is 9.88 Å². The predicted octanol–water partition coefficient (Wildman–Crippen LogP) is 3.13. The molecule has 0 saturated heterocycles. The number of pyridine rings is 1. The molecule has 2 heterocycles. The molecule has 2 rings (SSSR count). The Labute approximate surface area is 123 Å². The molecule has 0 atom stereocenters. The van der Waals surface area contributed by atoms with Gasteiger partial charge in [0.15, 0.2) is 0 Å². The van der Waals surface area contributed by atoms with Gasteiger partial charge in [-0.25, -0.2) is 4.98 Å². The van der Waals surface area contributed by atoms with Crippen molar-refractivity contribution in [3.05, 3.63) is 22.2 Å². The van der Waals surface area contributed by atoms with Gasteiger partial charge in [0.2, 0.25) is 0 Å². The normalized spacial score (nSPS) is 11.9. The van der Waals surface area contributed by atoms with E-state index in [0.717, 1.165) is 29.6 Å². The zero-order valence-corrected chi connectivity index (χ0v) is 12.5. The van der Waals surface area contributed by atoms with Crippen LogP contribution >= 0.6 is 11.3 Å². The molecule has 2 N–H and O–H groups in total. The summed E-state index contributed by atoms with van der Waals surface area (Å²) in [7, 11) is 1.10. The number of nitrogens with zero attached hydrogens (tertiary/aromatic N) is 2. The Morgan fingerprint density at radius 1 is 1.43 bits per heavy atom. The monoisotopic (exact) mass is 317 g/mol. The number of rotatable bonds is 2. The van der Waals surface area contributed by atoms with Crippen molar-refractivity contribution >= 4 is 33.1 Å². The van der Waals surface area contributed by atoms with Crippen molar-refractivity contribution in [2.45, 2.75) is 20.0 Å². The maximum atomic E-state index is 12.4. The summed E-state index contributed by atoms with van der Waals surface area (Å²) in [6.07, 6.45) is -4.44. The van der Waals surface area contributed by atoms with Crippen LogP contribution in [0.1, 0.15) is 20.9 Å². The van der Waals surface area contributed by atoms with Gasteiger partial charge in [0, 0.05) is 18.1 Å². The molecule has 0 spiro atoms. The van der Waals surface area contributed by atoms with Crippen molar-refractivity contribution < 1.29 is 18.0 Å². The zero-order chi connectivity index (χ0) is 15.9. The van der Waals surface area contributed by atoms with Crippen molar-refractivity contribution in [1.29, 1.82) is 0 Å². The first-order valence-electron chi connectivity index (χ1n) is 6.08. The number of aryl methyl sites for hydroxylation is 2. The molecular weight excluding hydrogens is 303 g/mol. The highest BCUT2D eigenvalue weighted by Gasteiger charge is 2.32. The molecule has 0 fully saturated rings. The van der Waals surface area contributed by atoms with Crippen LogP contribution in [0.2, 0.25) is 0 Å². The van der Waals surface area contributed by atoms with Gasteiger partial charge in [-0.05, 0) is 25.5 Å². The summed E-state index contributed by atoms with van der Waals surface area (Å²) in [5, 5.41) is 0.634. The first kappa shape index (κ1) is 15.6. The summed E-state index contributed by atoms with van der Waals surface area (Å²) in [6.45, 7) is 2.32. The third-order valence-electron chi connectivity index (χ3n) is 2.98. The Hall–Kier alpha value is -1.83. The van der Waals surface area contributed by atoms with E-state index >= 15 is 0 Å². The molecular formula is C13H14F3N3OS. The maximum absolute atomic E-state index is 12.4. The lowest BCUT2D eigenvalue weighted by Gasteiger charge is -2.18. The molecule has 2 aromatic heterocycles. The standard InChI is InChI=1S/C13H14F3N3OS/c1-6-4-7(2)18-11-8(6)9(17)10(21-11)12(20)19(3)5-13(14,15)16/h4H,5,17H2,1-3H3. The van der Waals surface area contributed by atoms with E-state index in [1.54, 1.807) is 6.92 Å². The molecule has 0 aliphatic carbocycles. The molecule has 0 aromatic carbocycles. The number of amides is 1. The van der Waals surface area contributed by atoms with Crippen LogP contribution in [-0.2, 0) is 0 Å². The number of halogens is 3. The fraction of sp³-hybridized carbons (Fsp3) is 0.385. The molecule has 0 radical (unpaired) electrons. The number of thiophene rings is 1. The highest BCUT2D eigenvalue weighted by molar-refractivity contribution is 7.21. The average Bonchev–Trinajstić information content (AvgIpc) is 2.63. The second-order valence-corrected chi connectivity index (χ2v) is 5.88. The third-order valence-corrected chi connectivity index (χ3v) is 4.07. The van der Waals surface area contributed by atoms with E-state index in [1.807, 2.05) is 13.0 Å². The number of alkyl halides is 3. The Morgan fingerprint density at radius 3 is 2.62 bits per heavy atom. The Morgan fingerprint density at radius 2 is 2.05 bits per heavy atom. The Bertz CT molecular complexity index is 709. The molecule has 2 aromatic rings. The van der Waals surface area contributed by atoms with Crippen molar-refractivity contribution in [2.75, 3.05) is 19.3 Å².